The lowest BCUT2D eigenvalue weighted by atomic mass is 10.1. The topological polar surface area (TPSA) is 46.6 Å². The molecule has 1 fully saturated rings. The molecule has 0 spiro atoms. The molecule has 102 valence electrons. The highest BCUT2D eigenvalue weighted by Crippen LogP contribution is 2.28. The van der Waals surface area contributed by atoms with Gasteiger partial charge in [-0.3, -0.25) is 9.59 Å². The van der Waals surface area contributed by atoms with Gasteiger partial charge in [0.15, 0.2) is 0 Å². The number of benzene rings is 1. The summed E-state index contributed by atoms with van der Waals surface area (Å²) in [5.41, 5.74) is 0.0249. The number of methoxy groups -OCH3 is 1. The van der Waals surface area contributed by atoms with Gasteiger partial charge < -0.3 is 9.64 Å². The van der Waals surface area contributed by atoms with Gasteiger partial charge in [0, 0.05) is 24.2 Å². The summed E-state index contributed by atoms with van der Waals surface area (Å²) in [5.74, 6) is -2.87. The van der Waals surface area contributed by atoms with Gasteiger partial charge in [-0.2, -0.15) is 0 Å². The van der Waals surface area contributed by atoms with E-state index in [1.807, 2.05) is 0 Å². The Morgan fingerprint density at radius 1 is 1.37 bits per heavy atom. The van der Waals surface area contributed by atoms with Gasteiger partial charge in [0.2, 0.25) is 5.91 Å². The number of carbonyl (C=O) groups excluding carboxylic acids is 2. The molecule has 0 bridgehead atoms. The quantitative estimate of drug-likeness (QED) is 0.769. The molecule has 1 heterocycles. The second-order valence-electron chi connectivity index (χ2n) is 4.46. The molecule has 19 heavy (non-hydrogen) atoms. The Bertz CT molecular complexity index is 522. The van der Waals surface area contributed by atoms with E-state index >= 15 is 0 Å². The van der Waals surface area contributed by atoms with E-state index in [9.17, 15) is 18.4 Å². The van der Waals surface area contributed by atoms with Gasteiger partial charge in [-0.15, -0.1) is 0 Å². The zero-order valence-electron chi connectivity index (χ0n) is 10.6. The molecular formula is C13H13F2NO3. The van der Waals surface area contributed by atoms with Crippen LogP contribution in [0.15, 0.2) is 12.1 Å². The highest BCUT2D eigenvalue weighted by atomic mass is 19.1. The first-order valence-electron chi connectivity index (χ1n) is 5.78. The van der Waals surface area contributed by atoms with Crippen molar-refractivity contribution >= 4 is 17.6 Å². The molecule has 1 amide bonds. The standard InChI is InChI=1S/C13H13F2NO3/c1-7-10(14)4-9(5-11(7)15)16-6-8(3-12(16)17)13(18)19-2/h4-5,8H,3,6H2,1-2H3. The van der Waals surface area contributed by atoms with Crippen LogP contribution in [-0.4, -0.2) is 25.5 Å². The third-order valence-corrected chi connectivity index (χ3v) is 3.24. The highest BCUT2D eigenvalue weighted by molar-refractivity contribution is 5.99. The van der Waals surface area contributed by atoms with E-state index in [-0.39, 0.29) is 30.1 Å². The third kappa shape index (κ3) is 2.43. The molecule has 0 radical (unpaired) electrons. The lowest BCUT2D eigenvalue weighted by Gasteiger charge is -2.17. The number of anilines is 1. The van der Waals surface area contributed by atoms with Crippen LogP contribution in [-0.2, 0) is 14.3 Å². The number of amides is 1. The van der Waals surface area contributed by atoms with Gasteiger partial charge in [-0.25, -0.2) is 8.78 Å². The molecule has 0 saturated carbocycles. The normalized spacial score (nSPS) is 18.8. The molecule has 0 N–H and O–H groups in total. The molecule has 2 rings (SSSR count). The molecule has 1 saturated heterocycles. The summed E-state index contributed by atoms with van der Waals surface area (Å²) in [4.78, 5) is 24.4. The molecule has 0 aliphatic carbocycles. The van der Waals surface area contributed by atoms with Crippen molar-refractivity contribution in [2.45, 2.75) is 13.3 Å². The SMILES string of the molecule is COC(=O)C1CC(=O)N(c2cc(F)c(C)c(F)c2)C1. The van der Waals surface area contributed by atoms with Gasteiger partial charge in [0.25, 0.3) is 0 Å². The Morgan fingerprint density at radius 3 is 2.47 bits per heavy atom. The Hall–Kier alpha value is -1.98. The van der Waals surface area contributed by atoms with Crippen molar-refractivity contribution in [3.05, 3.63) is 29.3 Å². The van der Waals surface area contributed by atoms with Crippen LogP contribution < -0.4 is 4.90 Å². The molecule has 4 nitrogen and oxygen atoms in total. The van der Waals surface area contributed by atoms with E-state index in [4.69, 9.17) is 0 Å². The largest absolute Gasteiger partial charge is 0.469 e. The Balaban J connectivity index is 2.28. The Labute approximate surface area is 109 Å². The number of halogens is 2. The maximum Gasteiger partial charge on any atom is 0.311 e. The van der Waals surface area contributed by atoms with Crippen molar-refractivity contribution in [1.29, 1.82) is 0 Å². The minimum atomic E-state index is -0.718. The van der Waals surface area contributed by atoms with Crippen molar-refractivity contribution in [3.8, 4) is 0 Å². The summed E-state index contributed by atoms with van der Waals surface area (Å²) >= 11 is 0. The van der Waals surface area contributed by atoms with Crippen molar-refractivity contribution in [3.63, 3.8) is 0 Å². The molecule has 1 atom stereocenters. The van der Waals surface area contributed by atoms with Crippen LogP contribution in [0.5, 0.6) is 0 Å². The van der Waals surface area contributed by atoms with Crippen molar-refractivity contribution in [2.24, 2.45) is 5.92 Å². The van der Waals surface area contributed by atoms with E-state index in [0.717, 1.165) is 12.1 Å². The maximum atomic E-state index is 13.5. The summed E-state index contributed by atoms with van der Waals surface area (Å²) in [6, 6.07) is 2.19. The van der Waals surface area contributed by atoms with E-state index < -0.39 is 23.5 Å². The van der Waals surface area contributed by atoms with E-state index in [1.54, 1.807) is 0 Å². The summed E-state index contributed by atoms with van der Waals surface area (Å²) in [6.07, 6.45) is -0.0101. The number of carbonyl (C=O) groups is 2. The van der Waals surface area contributed by atoms with Crippen molar-refractivity contribution < 1.29 is 23.1 Å². The summed E-state index contributed by atoms with van der Waals surface area (Å²) in [5, 5.41) is 0. The van der Waals surface area contributed by atoms with Crippen LogP contribution in [0.2, 0.25) is 0 Å². The van der Waals surface area contributed by atoms with E-state index in [1.165, 1.54) is 18.9 Å². The fourth-order valence-electron chi connectivity index (χ4n) is 2.07. The monoisotopic (exact) mass is 269 g/mol. The van der Waals surface area contributed by atoms with Gasteiger partial charge >= 0.3 is 5.97 Å². The van der Waals surface area contributed by atoms with Gasteiger partial charge in [0.1, 0.15) is 11.6 Å². The number of hydrogen-bond donors (Lipinski definition) is 0. The smallest absolute Gasteiger partial charge is 0.311 e. The van der Waals surface area contributed by atoms with E-state index in [2.05, 4.69) is 4.74 Å². The minimum absolute atomic E-state index is 0.0101. The molecule has 6 heteroatoms. The van der Waals surface area contributed by atoms with Gasteiger partial charge in [0.05, 0.1) is 13.0 Å². The zero-order valence-corrected chi connectivity index (χ0v) is 10.6. The minimum Gasteiger partial charge on any atom is -0.469 e. The first kappa shape index (κ1) is 13.5. The van der Waals surface area contributed by atoms with Crippen LogP contribution in [0, 0.1) is 24.5 Å². The Kier molecular flexibility index (Phi) is 3.50. The van der Waals surface area contributed by atoms with Crippen LogP contribution in [0.1, 0.15) is 12.0 Å². The average molecular weight is 269 g/mol. The van der Waals surface area contributed by atoms with Crippen LogP contribution in [0.25, 0.3) is 0 Å². The molecule has 1 aromatic carbocycles. The lowest BCUT2D eigenvalue weighted by Crippen LogP contribution is -2.26. The molecule has 1 unspecified atom stereocenters. The Morgan fingerprint density at radius 2 is 1.95 bits per heavy atom. The van der Waals surface area contributed by atoms with Gasteiger partial charge in [-0.1, -0.05) is 0 Å². The summed E-state index contributed by atoms with van der Waals surface area (Å²) in [7, 11) is 1.24. The van der Waals surface area contributed by atoms with Gasteiger partial charge in [-0.05, 0) is 19.1 Å². The molecule has 0 aromatic heterocycles. The number of nitrogens with zero attached hydrogens (tertiary/aromatic N) is 1. The fourth-order valence-corrected chi connectivity index (χ4v) is 2.07. The van der Waals surface area contributed by atoms with Crippen molar-refractivity contribution in [1.82, 2.24) is 0 Å². The lowest BCUT2D eigenvalue weighted by molar-refractivity contribution is -0.145. The molecular weight excluding hydrogens is 256 g/mol. The fraction of sp³-hybridized carbons (Fsp3) is 0.385. The number of ether oxygens (including phenoxy) is 1. The molecule has 1 aromatic rings. The van der Waals surface area contributed by atoms with Crippen molar-refractivity contribution in [2.75, 3.05) is 18.6 Å². The van der Waals surface area contributed by atoms with Crippen LogP contribution in [0.4, 0.5) is 14.5 Å². The van der Waals surface area contributed by atoms with Crippen LogP contribution in [0.3, 0.4) is 0 Å². The number of esters is 1. The predicted octanol–water partition coefficient (Wildman–Crippen LogP) is 1.80. The zero-order chi connectivity index (χ0) is 14.2. The van der Waals surface area contributed by atoms with Crippen LogP contribution >= 0.6 is 0 Å². The second-order valence-corrected chi connectivity index (χ2v) is 4.46. The second kappa shape index (κ2) is 4.95. The molecule has 1 aliphatic rings. The number of rotatable bonds is 2. The number of hydrogen-bond acceptors (Lipinski definition) is 3. The molecule has 1 aliphatic heterocycles. The average Bonchev–Trinajstić information content (AvgIpc) is 2.76. The first-order valence-corrected chi connectivity index (χ1v) is 5.78. The predicted molar refractivity (Wildman–Crippen MR) is 63.6 cm³/mol. The first-order chi connectivity index (χ1) is 8.93. The maximum absolute atomic E-state index is 13.5. The van der Waals surface area contributed by atoms with E-state index in [0.29, 0.717) is 0 Å². The summed E-state index contributed by atoms with van der Waals surface area (Å²) in [6.45, 7) is 1.39. The summed E-state index contributed by atoms with van der Waals surface area (Å²) < 4.78 is 31.5. The highest BCUT2D eigenvalue weighted by Gasteiger charge is 2.36. The third-order valence-electron chi connectivity index (χ3n) is 3.24.